The second-order valence-corrected chi connectivity index (χ2v) is 24.7. The molecule has 0 aromatic rings. The lowest BCUT2D eigenvalue weighted by atomic mass is 9.94. The molecule has 8 saturated heterocycles. The van der Waals surface area contributed by atoms with Gasteiger partial charge in [0.2, 0.25) is 17.7 Å². The van der Waals surface area contributed by atoms with Crippen LogP contribution in [0, 0.1) is 0 Å². The van der Waals surface area contributed by atoms with Gasteiger partial charge in [-0.2, -0.15) is 0 Å². The van der Waals surface area contributed by atoms with Gasteiger partial charge in [0.15, 0.2) is 50.3 Å². The molecular formula is C54H91N3O39. The van der Waals surface area contributed by atoms with Crippen LogP contribution in [0.2, 0.25) is 0 Å². The van der Waals surface area contributed by atoms with Gasteiger partial charge >= 0.3 is 0 Å². The summed E-state index contributed by atoms with van der Waals surface area (Å²) < 4.78 is 86.9. The summed E-state index contributed by atoms with van der Waals surface area (Å²) in [4.78, 5) is 37.7. The van der Waals surface area contributed by atoms with Crippen molar-refractivity contribution >= 4 is 17.7 Å². The number of hydrogen-bond donors (Lipinski definition) is 24. The number of ether oxygens (including phenoxy) is 15. The van der Waals surface area contributed by atoms with Crippen molar-refractivity contribution in [2.45, 2.75) is 280 Å². The molecule has 24 N–H and O–H groups in total. The average molecular weight is 1410 g/mol. The first-order valence-corrected chi connectivity index (χ1v) is 30.8. The van der Waals surface area contributed by atoms with Gasteiger partial charge in [-0.3, -0.25) is 14.4 Å². The largest absolute Gasteiger partial charge is 0.394 e. The van der Waals surface area contributed by atoms with Gasteiger partial charge in [0.25, 0.3) is 0 Å². The number of aliphatic hydroxyl groups excluding tert-OH is 21. The Morgan fingerprint density at radius 1 is 0.292 bits per heavy atom. The molecule has 8 heterocycles. The third-order valence-electron chi connectivity index (χ3n) is 17.7. The molecule has 96 heavy (non-hydrogen) atoms. The van der Waals surface area contributed by atoms with Crippen LogP contribution in [0.5, 0.6) is 0 Å². The summed E-state index contributed by atoms with van der Waals surface area (Å²) in [5.74, 6) is -2.52. The Kier molecular flexibility index (Phi) is 27.7. The molecule has 8 fully saturated rings. The zero-order chi connectivity index (χ0) is 70.8. The van der Waals surface area contributed by atoms with Gasteiger partial charge in [0.05, 0.1) is 51.8 Å². The van der Waals surface area contributed by atoms with Crippen LogP contribution >= 0.6 is 0 Å². The van der Waals surface area contributed by atoms with Crippen LogP contribution in [-0.4, -0.2) is 410 Å². The Balaban J connectivity index is 0.962. The topological polar surface area (TPSA) is 651 Å². The van der Waals surface area contributed by atoms with E-state index in [0.29, 0.717) is 0 Å². The highest BCUT2D eigenvalue weighted by Crippen LogP contribution is 2.37. The van der Waals surface area contributed by atoms with Gasteiger partial charge in [-0.15, -0.1) is 0 Å². The average Bonchev–Trinajstić information content (AvgIpc) is 0.782. The summed E-state index contributed by atoms with van der Waals surface area (Å²) in [5.41, 5.74) is 0. The molecule has 0 bridgehead atoms. The molecule has 3 amide bonds. The molecule has 0 aliphatic carbocycles. The Morgan fingerprint density at radius 2 is 0.594 bits per heavy atom. The minimum atomic E-state index is -2.24. The van der Waals surface area contributed by atoms with Crippen LogP contribution in [0.25, 0.3) is 0 Å². The van der Waals surface area contributed by atoms with Crippen LogP contribution in [0.15, 0.2) is 0 Å². The van der Waals surface area contributed by atoms with Crippen molar-refractivity contribution in [1.29, 1.82) is 0 Å². The number of rotatable bonds is 23. The summed E-state index contributed by atoms with van der Waals surface area (Å²) >= 11 is 0. The third-order valence-corrected chi connectivity index (χ3v) is 17.7. The van der Waals surface area contributed by atoms with Gasteiger partial charge in [-0.05, 0) is 13.8 Å². The van der Waals surface area contributed by atoms with Crippen molar-refractivity contribution in [3.05, 3.63) is 0 Å². The maximum Gasteiger partial charge on any atom is 0.217 e. The summed E-state index contributed by atoms with van der Waals surface area (Å²) in [5, 5.41) is 236. The van der Waals surface area contributed by atoms with Crippen molar-refractivity contribution in [2.24, 2.45) is 0 Å². The smallest absolute Gasteiger partial charge is 0.217 e. The number of amides is 3. The summed E-state index contributed by atoms with van der Waals surface area (Å²) in [6, 6.07) is -5.28. The van der Waals surface area contributed by atoms with Crippen molar-refractivity contribution in [3.63, 3.8) is 0 Å². The number of hydrogen-bond acceptors (Lipinski definition) is 39. The van der Waals surface area contributed by atoms with E-state index in [9.17, 15) is 122 Å². The van der Waals surface area contributed by atoms with E-state index in [-0.39, 0.29) is 0 Å². The lowest BCUT2D eigenvalue weighted by Crippen LogP contribution is -2.70. The Labute approximate surface area is 545 Å². The van der Waals surface area contributed by atoms with E-state index in [1.54, 1.807) is 0 Å². The summed E-state index contributed by atoms with van der Waals surface area (Å²) in [6.45, 7) is 0.0996. The molecule has 42 nitrogen and oxygen atoms in total. The molecule has 0 aromatic carbocycles. The maximum absolute atomic E-state index is 12.8. The van der Waals surface area contributed by atoms with Crippen molar-refractivity contribution in [3.8, 4) is 0 Å². The van der Waals surface area contributed by atoms with E-state index >= 15 is 0 Å². The number of aliphatic hydroxyl groups is 21. The fraction of sp³-hybridized carbons (Fsp3) is 0.944. The molecule has 40 atom stereocenters. The second kappa shape index (κ2) is 33.8. The van der Waals surface area contributed by atoms with Gasteiger partial charge < -0.3 is 194 Å². The van der Waals surface area contributed by atoms with E-state index in [1.165, 1.54) is 13.8 Å². The molecule has 8 aliphatic heterocycles. The molecular weight excluding hydrogens is 1310 g/mol. The molecule has 0 saturated carbocycles. The summed E-state index contributed by atoms with van der Waals surface area (Å²) in [7, 11) is 0. The first-order valence-electron chi connectivity index (χ1n) is 30.8. The molecule has 0 aromatic heterocycles. The Morgan fingerprint density at radius 3 is 1.00 bits per heavy atom. The molecule has 8 aliphatic rings. The molecule has 8 rings (SSSR count). The van der Waals surface area contributed by atoms with E-state index in [0.717, 1.165) is 20.8 Å². The molecule has 0 unspecified atom stereocenters. The first kappa shape index (κ1) is 78.7. The fourth-order valence-electron chi connectivity index (χ4n) is 12.3. The predicted octanol–water partition coefficient (Wildman–Crippen LogP) is -16.0. The Bertz CT molecular complexity index is 2480. The van der Waals surface area contributed by atoms with Crippen LogP contribution in [0.3, 0.4) is 0 Å². The predicted molar refractivity (Wildman–Crippen MR) is 296 cm³/mol. The molecule has 0 radical (unpaired) electrons. The monoisotopic (exact) mass is 1410 g/mol. The molecule has 0 spiro atoms. The van der Waals surface area contributed by atoms with E-state index in [4.69, 9.17) is 71.1 Å². The zero-order valence-electron chi connectivity index (χ0n) is 52.1. The maximum atomic E-state index is 12.8. The standard InChI is InChI=1S/C54H91N3O39/c1-12-26(64)34(72)39(77)50(85-12)82-9-20-29(67)36(74)41(79)52(91-20)95-44-19(8-60)90-49(25(33(44)71)57-16(5)63)96-46-38(76)28(66)17(6-58)88-54(46)84-10-21-30(68)37(75)42(80)53(92-21)94-43-18(7-59)89-48(24(32(43)70)56-15(4)62)93-45-22(87-47(81)23(31(45)69)55-14(3)61)11-83-51-40(78)35(73)27(65)13(2)86-51/h12-13,17-54,58-60,64-81H,6-11H2,1-5H3,(H,55,61)(H,56,62)(H,57,63)/t12-,13-,17+,18+,19+,20+,21+,22+,23+,24+,25+,26+,27+,28+,29-,30+,31+,32+,33+,34+,35+,36-,37-,38-,39-,40-,41+,42-,43+,44+,45+,46-,47+,48-,49-,50+,51+,52-,53-,54-/m0/s1. The first-order chi connectivity index (χ1) is 45.2. The summed E-state index contributed by atoms with van der Waals surface area (Å²) in [6.07, 6.45) is -68.8. The minimum absolute atomic E-state index is 0.733. The number of carbonyl (C=O) groups excluding carboxylic acids is 3. The van der Waals surface area contributed by atoms with E-state index < -0.39 is 303 Å². The van der Waals surface area contributed by atoms with Crippen LogP contribution in [-0.2, 0) is 85.4 Å². The SMILES string of the molecule is CC(=O)N[C@@H]1[C@@H](O)[C@H](O[C@@H]2O[C@H](CO)[C@@H](O[C@@H]3O[C@H](CO[C@H]4O[C@H](CO)[C@@H](O)[C@H](O)[C@@H]4O[C@@H]4O[C@H](CO)[C@@H](O[C@@H]5O[C@H](CO[C@@H]6O[C@@H](C)[C@@H](O)[C@@H](O)[C@@H]6O)[C@H](O)[C@H](O)[C@H]5O)[C@H](O)[C@H]4NC(C)=O)[C@@H](O)[C@H](O)[C@@H]3O)[C@H](O)[C@H]2NC(C)=O)[C@@H](CO[C@@H]2O[C@@H](C)[C@@H](O)[C@@H](O)[C@@H]2O)O[C@H]1O. The quantitative estimate of drug-likeness (QED) is 0.0452. The molecule has 42 heteroatoms. The third kappa shape index (κ3) is 17.4. The fourth-order valence-corrected chi connectivity index (χ4v) is 12.3. The van der Waals surface area contributed by atoms with E-state index in [2.05, 4.69) is 16.0 Å². The second-order valence-electron chi connectivity index (χ2n) is 24.7. The van der Waals surface area contributed by atoms with E-state index in [1.807, 2.05) is 0 Å². The van der Waals surface area contributed by atoms with Gasteiger partial charge in [-0.1, -0.05) is 0 Å². The lowest BCUT2D eigenvalue weighted by molar-refractivity contribution is -0.381. The normalized spacial score (nSPS) is 50.3. The van der Waals surface area contributed by atoms with Crippen molar-refractivity contribution in [1.82, 2.24) is 16.0 Å². The van der Waals surface area contributed by atoms with Crippen LogP contribution < -0.4 is 16.0 Å². The van der Waals surface area contributed by atoms with Crippen molar-refractivity contribution in [2.75, 3.05) is 39.6 Å². The van der Waals surface area contributed by atoms with Crippen molar-refractivity contribution < 1.29 is 193 Å². The van der Waals surface area contributed by atoms with Gasteiger partial charge in [0, 0.05) is 20.8 Å². The van der Waals surface area contributed by atoms with Gasteiger partial charge in [-0.25, -0.2) is 0 Å². The lowest BCUT2D eigenvalue weighted by Gasteiger charge is -2.50. The Hall–Kier alpha value is -3.03. The molecule has 556 valence electrons. The van der Waals surface area contributed by atoms with Crippen LogP contribution in [0.1, 0.15) is 34.6 Å². The zero-order valence-corrected chi connectivity index (χ0v) is 52.1. The minimum Gasteiger partial charge on any atom is -0.394 e. The highest BCUT2D eigenvalue weighted by Gasteiger charge is 2.58. The number of nitrogens with one attached hydrogen (secondary N) is 3. The van der Waals surface area contributed by atoms with Gasteiger partial charge in [0.1, 0.15) is 183 Å². The highest BCUT2D eigenvalue weighted by atomic mass is 16.8. The van der Waals surface area contributed by atoms with Crippen LogP contribution in [0.4, 0.5) is 0 Å². The highest BCUT2D eigenvalue weighted by molar-refractivity contribution is 5.74. The number of carbonyl (C=O) groups is 3.